The summed E-state index contributed by atoms with van der Waals surface area (Å²) in [5.41, 5.74) is 16.5. The van der Waals surface area contributed by atoms with Gasteiger partial charge in [0.15, 0.2) is 0 Å². The molecule has 0 fully saturated rings. The zero-order chi connectivity index (χ0) is 12.3. The molecule has 1 atom stereocenters. The van der Waals surface area contributed by atoms with E-state index in [1.807, 2.05) is 18.2 Å². The van der Waals surface area contributed by atoms with Crippen LogP contribution in [0.2, 0.25) is 0 Å². The SMILES string of the molecule is Cc1ccc(C(N)c2cccc(CN)c2)cc1. The first kappa shape index (κ1) is 11.8. The number of rotatable bonds is 3. The Labute approximate surface area is 102 Å². The molecule has 2 aromatic rings. The topological polar surface area (TPSA) is 52.0 Å². The van der Waals surface area contributed by atoms with E-state index in [-0.39, 0.29) is 6.04 Å². The van der Waals surface area contributed by atoms with E-state index < -0.39 is 0 Å². The third kappa shape index (κ3) is 2.73. The molecule has 0 aromatic heterocycles. The molecular formula is C15H18N2. The summed E-state index contributed by atoms with van der Waals surface area (Å²) in [4.78, 5) is 0. The van der Waals surface area contributed by atoms with E-state index in [1.165, 1.54) is 5.56 Å². The van der Waals surface area contributed by atoms with Gasteiger partial charge in [0.05, 0.1) is 6.04 Å². The van der Waals surface area contributed by atoms with Crippen LogP contribution in [-0.2, 0) is 6.54 Å². The second kappa shape index (κ2) is 5.13. The number of benzene rings is 2. The normalized spacial score (nSPS) is 12.4. The predicted octanol–water partition coefficient (Wildman–Crippen LogP) is 2.50. The first-order valence-electron chi connectivity index (χ1n) is 5.82. The maximum Gasteiger partial charge on any atom is 0.0551 e. The highest BCUT2D eigenvalue weighted by molar-refractivity contribution is 5.34. The quantitative estimate of drug-likeness (QED) is 0.845. The molecule has 1 unspecified atom stereocenters. The number of aryl methyl sites for hydroxylation is 1. The van der Waals surface area contributed by atoms with Crippen LogP contribution in [0.3, 0.4) is 0 Å². The van der Waals surface area contributed by atoms with Gasteiger partial charge >= 0.3 is 0 Å². The van der Waals surface area contributed by atoms with Crippen LogP contribution in [0, 0.1) is 6.92 Å². The van der Waals surface area contributed by atoms with E-state index in [9.17, 15) is 0 Å². The van der Waals surface area contributed by atoms with Crippen molar-refractivity contribution in [1.29, 1.82) is 0 Å². The molecule has 2 heteroatoms. The Morgan fingerprint density at radius 2 is 1.71 bits per heavy atom. The van der Waals surface area contributed by atoms with E-state index in [0.29, 0.717) is 6.54 Å². The maximum absolute atomic E-state index is 6.25. The van der Waals surface area contributed by atoms with Gasteiger partial charge in [-0.1, -0.05) is 54.1 Å². The van der Waals surface area contributed by atoms with Crippen molar-refractivity contribution >= 4 is 0 Å². The smallest absolute Gasteiger partial charge is 0.0551 e. The first-order valence-corrected chi connectivity index (χ1v) is 5.82. The van der Waals surface area contributed by atoms with E-state index in [4.69, 9.17) is 11.5 Å². The van der Waals surface area contributed by atoms with Gasteiger partial charge in [-0.15, -0.1) is 0 Å². The fraction of sp³-hybridized carbons (Fsp3) is 0.200. The molecule has 0 spiro atoms. The average Bonchev–Trinajstić information content (AvgIpc) is 2.39. The third-order valence-electron chi connectivity index (χ3n) is 2.98. The summed E-state index contributed by atoms with van der Waals surface area (Å²) in [5, 5.41) is 0. The molecule has 88 valence electrons. The minimum absolute atomic E-state index is 0.0814. The molecule has 0 heterocycles. The lowest BCUT2D eigenvalue weighted by Crippen LogP contribution is -2.12. The molecule has 2 aromatic carbocycles. The van der Waals surface area contributed by atoms with Crippen LogP contribution < -0.4 is 11.5 Å². The first-order chi connectivity index (χ1) is 8.20. The van der Waals surface area contributed by atoms with Crippen molar-refractivity contribution in [3.63, 3.8) is 0 Å². The van der Waals surface area contributed by atoms with Crippen molar-refractivity contribution < 1.29 is 0 Å². The van der Waals surface area contributed by atoms with E-state index in [1.54, 1.807) is 0 Å². The van der Waals surface area contributed by atoms with Gasteiger partial charge in [0.1, 0.15) is 0 Å². The molecule has 0 bridgehead atoms. The summed E-state index contributed by atoms with van der Waals surface area (Å²) >= 11 is 0. The minimum Gasteiger partial charge on any atom is -0.326 e. The van der Waals surface area contributed by atoms with Crippen LogP contribution in [0.4, 0.5) is 0 Å². The highest BCUT2D eigenvalue weighted by Gasteiger charge is 2.08. The van der Waals surface area contributed by atoms with Gasteiger partial charge in [-0.25, -0.2) is 0 Å². The van der Waals surface area contributed by atoms with Crippen LogP contribution in [0.15, 0.2) is 48.5 Å². The Balaban J connectivity index is 2.29. The third-order valence-corrected chi connectivity index (χ3v) is 2.98. The highest BCUT2D eigenvalue weighted by atomic mass is 14.6. The van der Waals surface area contributed by atoms with Crippen molar-refractivity contribution in [3.8, 4) is 0 Å². The van der Waals surface area contributed by atoms with E-state index >= 15 is 0 Å². The second-order valence-corrected chi connectivity index (χ2v) is 4.34. The van der Waals surface area contributed by atoms with Crippen LogP contribution >= 0.6 is 0 Å². The molecule has 4 N–H and O–H groups in total. The Morgan fingerprint density at radius 1 is 1.00 bits per heavy atom. The standard InChI is InChI=1S/C15H18N2/c1-11-5-7-13(8-6-11)15(17)14-4-2-3-12(9-14)10-16/h2-9,15H,10,16-17H2,1H3. The van der Waals surface area contributed by atoms with Crippen LogP contribution in [-0.4, -0.2) is 0 Å². The number of nitrogens with two attached hydrogens (primary N) is 2. The molecule has 0 radical (unpaired) electrons. The molecule has 17 heavy (non-hydrogen) atoms. The number of hydrogen-bond donors (Lipinski definition) is 2. The van der Waals surface area contributed by atoms with Gasteiger partial charge in [-0.05, 0) is 23.6 Å². The van der Waals surface area contributed by atoms with Gasteiger partial charge in [-0.3, -0.25) is 0 Å². The summed E-state index contributed by atoms with van der Waals surface area (Å²) in [7, 11) is 0. The fourth-order valence-electron chi connectivity index (χ4n) is 1.88. The van der Waals surface area contributed by atoms with Crippen molar-refractivity contribution in [3.05, 3.63) is 70.8 Å². The summed E-state index contributed by atoms with van der Waals surface area (Å²) in [5.74, 6) is 0. The summed E-state index contributed by atoms with van der Waals surface area (Å²) < 4.78 is 0. The van der Waals surface area contributed by atoms with Gasteiger partial charge in [0.2, 0.25) is 0 Å². The number of hydrogen-bond acceptors (Lipinski definition) is 2. The largest absolute Gasteiger partial charge is 0.326 e. The van der Waals surface area contributed by atoms with Crippen molar-refractivity contribution in [2.24, 2.45) is 11.5 Å². The van der Waals surface area contributed by atoms with Crippen molar-refractivity contribution in [1.82, 2.24) is 0 Å². The van der Waals surface area contributed by atoms with Gasteiger partial charge in [0, 0.05) is 6.54 Å². The molecule has 0 aliphatic heterocycles. The van der Waals surface area contributed by atoms with Crippen molar-refractivity contribution in [2.45, 2.75) is 19.5 Å². The summed E-state index contributed by atoms with van der Waals surface area (Å²) in [6.45, 7) is 2.62. The minimum atomic E-state index is -0.0814. The van der Waals surface area contributed by atoms with Crippen LogP contribution in [0.25, 0.3) is 0 Å². The Kier molecular flexibility index (Phi) is 3.57. The Hall–Kier alpha value is -1.64. The summed E-state index contributed by atoms with van der Waals surface area (Å²) in [6, 6.07) is 16.4. The lowest BCUT2D eigenvalue weighted by molar-refractivity contribution is 0.865. The van der Waals surface area contributed by atoms with Gasteiger partial charge in [0.25, 0.3) is 0 Å². The van der Waals surface area contributed by atoms with Gasteiger partial charge < -0.3 is 11.5 Å². The molecule has 0 aliphatic carbocycles. The molecular weight excluding hydrogens is 208 g/mol. The maximum atomic E-state index is 6.25. The fourth-order valence-corrected chi connectivity index (χ4v) is 1.88. The van der Waals surface area contributed by atoms with Gasteiger partial charge in [-0.2, -0.15) is 0 Å². The lowest BCUT2D eigenvalue weighted by atomic mass is 9.97. The highest BCUT2D eigenvalue weighted by Crippen LogP contribution is 2.20. The molecule has 0 saturated carbocycles. The lowest BCUT2D eigenvalue weighted by Gasteiger charge is -2.13. The second-order valence-electron chi connectivity index (χ2n) is 4.34. The predicted molar refractivity (Wildman–Crippen MR) is 71.5 cm³/mol. The average molecular weight is 226 g/mol. The molecule has 2 rings (SSSR count). The zero-order valence-corrected chi connectivity index (χ0v) is 10.1. The molecule has 0 saturated heterocycles. The molecule has 0 aliphatic rings. The van der Waals surface area contributed by atoms with E-state index in [0.717, 1.165) is 16.7 Å². The van der Waals surface area contributed by atoms with Crippen molar-refractivity contribution in [2.75, 3.05) is 0 Å². The van der Waals surface area contributed by atoms with Crippen LogP contribution in [0.5, 0.6) is 0 Å². The van der Waals surface area contributed by atoms with Crippen LogP contribution in [0.1, 0.15) is 28.3 Å². The Morgan fingerprint density at radius 3 is 2.35 bits per heavy atom. The zero-order valence-electron chi connectivity index (χ0n) is 10.1. The Bertz CT molecular complexity index is 489. The summed E-state index contributed by atoms with van der Waals surface area (Å²) in [6.07, 6.45) is 0. The molecule has 0 amide bonds. The molecule has 2 nitrogen and oxygen atoms in total. The van der Waals surface area contributed by atoms with E-state index in [2.05, 4.69) is 37.3 Å². The monoisotopic (exact) mass is 226 g/mol.